The summed E-state index contributed by atoms with van der Waals surface area (Å²) in [6.07, 6.45) is 0. The van der Waals surface area contributed by atoms with Gasteiger partial charge in [-0.1, -0.05) is 20.8 Å². The molecule has 0 aliphatic carbocycles. The van der Waals surface area contributed by atoms with E-state index >= 15 is 0 Å². The zero-order valence-electron chi connectivity index (χ0n) is 10.3. The van der Waals surface area contributed by atoms with E-state index in [-0.39, 0.29) is 16.9 Å². The predicted molar refractivity (Wildman–Crippen MR) is 66.1 cm³/mol. The van der Waals surface area contributed by atoms with Crippen LogP contribution in [0.1, 0.15) is 38.1 Å². The molecule has 1 rings (SSSR count). The molecule has 1 aromatic carbocycles. The smallest absolute Gasteiger partial charge is 0.163 e. The van der Waals surface area contributed by atoms with E-state index < -0.39 is 0 Å². The van der Waals surface area contributed by atoms with Crippen molar-refractivity contribution in [3.05, 3.63) is 23.8 Å². The first-order valence-corrected chi connectivity index (χ1v) is 5.37. The van der Waals surface area contributed by atoms with Crippen LogP contribution in [0.25, 0.3) is 0 Å². The molecule has 0 amide bonds. The average molecular weight is 221 g/mol. The molecule has 0 unspecified atom stereocenters. The number of hydrogen-bond acceptors (Lipinski definition) is 3. The molecule has 0 fully saturated rings. The number of hydrogen-bond donors (Lipinski definition) is 2. The highest BCUT2D eigenvalue weighted by atomic mass is 16.3. The highest BCUT2D eigenvalue weighted by molar-refractivity contribution is 5.97. The normalized spacial score (nSPS) is 11.2. The summed E-state index contributed by atoms with van der Waals surface area (Å²) < 4.78 is 0. The Morgan fingerprint density at radius 2 is 2.00 bits per heavy atom. The molecule has 88 valence electrons. The van der Waals surface area contributed by atoms with Crippen LogP contribution in [0.5, 0.6) is 5.75 Å². The van der Waals surface area contributed by atoms with Crippen molar-refractivity contribution in [1.82, 2.24) is 0 Å². The highest BCUT2D eigenvalue weighted by Crippen LogP contribution is 2.23. The Balaban J connectivity index is 2.83. The number of carbonyl (C=O) groups is 1. The third kappa shape index (κ3) is 3.57. The van der Waals surface area contributed by atoms with E-state index in [0.717, 1.165) is 12.2 Å². The van der Waals surface area contributed by atoms with Crippen molar-refractivity contribution in [3.8, 4) is 5.75 Å². The second-order valence-electron chi connectivity index (χ2n) is 5.20. The van der Waals surface area contributed by atoms with Gasteiger partial charge in [0.1, 0.15) is 5.75 Å². The maximum Gasteiger partial charge on any atom is 0.163 e. The lowest BCUT2D eigenvalue weighted by atomic mass is 9.97. The van der Waals surface area contributed by atoms with Gasteiger partial charge in [-0.2, -0.15) is 0 Å². The first-order valence-electron chi connectivity index (χ1n) is 5.37. The molecule has 3 heteroatoms. The van der Waals surface area contributed by atoms with Crippen LogP contribution < -0.4 is 5.32 Å². The Kier molecular flexibility index (Phi) is 3.58. The van der Waals surface area contributed by atoms with Crippen molar-refractivity contribution < 1.29 is 9.90 Å². The van der Waals surface area contributed by atoms with Crippen LogP contribution in [0, 0.1) is 5.41 Å². The van der Waals surface area contributed by atoms with Crippen molar-refractivity contribution in [3.63, 3.8) is 0 Å². The summed E-state index contributed by atoms with van der Waals surface area (Å²) in [6, 6.07) is 5.00. The van der Waals surface area contributed by atoms with Gasteiger partial charge in [0.2, 0.25) is 0 Å². The molecule has 3 nitrogen and oxygen atoms in total. The number of phenolic OH excluding ortho intramolecular Hbond substituents is 1. The number of aromatic hydroxyl groups is 1. The molecule has 0 aliphatic heterocycles. The Morgan fingerprint density at radius 1 is 1.38 bits per heavy atom. The first-order chi connectivity index (χ1) is 7.29. The molecule has 16 heavy (non-hydrogen) atoms. The Morgan fingerprint density at radius 3 is 2.50 bits per heavy atom. The van der Waals surface area contributed by atoms with Crippen LogP contribution in [0.3, 0.4) is 0 Å². The number of rotatable bonds is 3. The zero-order chi connectivity index (χ0) is 12.3. The van der Waals surface area contributed by atoms with Gasteiger partial charge in [0.05, 0.1) is 5.56 Å². The van der Waals surface area contributed by atoms with Gasteiger partial charge in [-0.25, -0.2) is 0 Å². The Hall–Kier alpha value is -1.51. The number of anilines is 1. The van der Waals surface area contributed by atoms with Gasteiger partial charge in [0.25, 0.3) is 0 Å². The number of nitrogens with one attached hydrogen (secondary N) is 1. The molecule has 2 N–H and O–H groups in total. The maximum atomic E-state index is 11.2. The highest BCUT2D eigenvalue weighted by Gasteiger charge is 2.11. The third-order valence-electron chi connectivity index (χ3n) is 2.20. The van der Waals surface area contributed by atoms with Crippen LogP contribution in [-0.4, -0.2) is 17.4 Å². The topological polar surface area (TPSA) is 49.3 Å². The second kappa shape index (κ2) is 4.56. The van der Waals surface area contributed by atoms with E-state index in [0.29, 0.717) is 5.56 Å². The summed E-state index contributed by atoms with van der Waals surface area (Å²) in [5, 5.41) is 12.7. The zero-order valence-corrected chi connectivity index (χ0v) is 10.3. The molecule has 0 atom stereocenters. The van der Waals surface area contributed by atoms with Gasteiger partial charge in [-0.3, -0.25) is 4.79 Å². The molecule has 1 aromatic rings. The molecule has 0 heterocycles. The van der Waals surface area contributed by atoms with E-state index in [1.165, 1.54) is 6.92 Å². The van der Waals surface area contributed by atoms with E-state index in [1.807, 2.05) is 0 Å². The van der Waals surface area contributed by atoms with Gasteiger partial charge in [-0.05, 0) is 30.5 Å². The average Bonchev–Trinajstić information content (AvgIpc) is 2.14. The lowest BCUT2D eigenvalue weighted by Crippen LogP contribution is -2.19. The second-order valence-corrected chi connectivity index (χ2v) is 5.20. The van der Waals surface area contributed by atoms with Crippen LogP contribution in [-0.2, 0) is 0 Å². The van der Waals surface area contributed by atoms with E-state index in [9.17, 15) is 9.90 Å². The minimum atomic E-state index is -0.128. The molecular weight excluding hydrogens is 202 g/mol. The molecule has 0 saturated carbocycles. The summed E-state index contributed by atoms with van der Waals surface area (Å²) in [5.74, 6) is -0.0919. The van der Waals surface area contributed by atoms with Crippen molar-refractivity contribution in [2.45, 2.75) is 27.7 Å². The number of Topliss-reactive ketones (excluding diaryl/α,β-unsaturated/α-hetero) is 1. The van der Waals surface area contributed by atoms with Gasteiger partial charge in [-0.15, -0.1) is 0 Å². The van der Waals surface area contributed by atoms with E-state index in [1.54, 1.807) is 18.2 Å². The van der Waals surface area contributed by atoms with Gasteiger partial charge in [0.15, 0.2) is 5.78 Å². The lowest BCUT2D eigenvalue weighted by molar-refractivity contribution is 0.101. The summed E-state index contributed by atoms with van der Waals surface area (Å²) in [4.78, 5) is 11.2. The van der Waals surface area contributed by atoms with Gasteiger partial charge in [0, 0.05) is 12.2 Å². The summed E-state index contributed by atoms with van der Waals surface area (Å²) in [7, 11) is 0. The molecule has 0 aliphatic rings. The van der Waals surface area contributed by atoms with E-state index in [2.05, 4.69) is 26.1 Å². The van der Waals surface area contributed by atoms with Crippen molar-refractivity contribution >= 4 is 11.5 Å². The Bertz CT molecular complexity index is 391. The van der Waals surface area contributed by atoms with Crippen LogP contribution in [0.4, 0.5) is 5.69 Å². The molecule has 0 aromatic heterocycles. The van der Waals surface area contributed by atoms with Crippen molar-refractivity contribution in [1.29, 1.82) is 0 Å². The fraction of sp³-hybridized carbons (Fsp3) is 0.462. The Labute approximate surface area is 96.5 Å². The molecule has 0 spiro atoms. The number of ketones is 1. The van der Waals surface area contributed by atoms with Gasteiger partial charge < -0.3 is 10.4 Å². The molecule has 0 bridgehead atoms. The number of benzene rings is 1. The predicted octanol–water partition coefficient (Wildman–Crippen LogP) is 3.05. The lowest BCUT2D eigenvalue weighted by Gasteiger charge is -2.20. The van der Waals surface area contributed by atoms with Crippen molar-refractivity contribution in [2.75, 3.05) is 11.9 Å². The monoisotopic (exact) mass is 221 g/mol. The standard InChI is InChI=1S/C13H19NO2/c1-9(15)11-7-10(5-6-12(11)16)14-8-13(2,3)4/h5-7,14,16H,8H2,1-4H3. The fourth-order valence-corrected chi connectivity index (χ4v) is 1.30. The van der Waals surface area contributed by atoms with E-state index in [4.69, 9.17) is 0 Å². The quantitative estimate of drug-likeness (QED) is 0.609. The third-order valence-corrected chi connectivity index (χ3v) is 2.20. The number of carbonyl (C=O) groups excluding carboxylic acids is 1. The van der Waals surface area contributed by atoms with Crippen LogP contribution in [0.15, 0.2) is 18.2 Å². The minimum Gasteiger partial charge on any atom is -0.507 e. The van der Waals surface area contributed by atoms with Gasteiger partial charge >= 0.3 is 0 Å². The summed E-state index contributed by atoms with van der Waals surface area (Å²) in [5.41, 5.74) is 1.39. The van der Waals surface area contributed by atoms with Crippen LogP contribution >= 0.6 is 0 Å². The van der Waals surface area contributed by atoms with Crippen LogP contribution in [0.2, 0.25) is 0 Å². The SMILES string of the molecule is CC(=O)c1cc(NCC(C)(C)C)ccc1O. The summed E-state index contributed by atoms with van der Waals surface area (Å²) >= 11 is 0. The molecular formula is C13H19NO2. The largest absolute Gasteiger partial charge is 0.507 e. The van der Waals surface area contributed by atoms with Crippen molar-refractivity contribution in [2.24, 2.45) is 5.41 Å². The molecule has 0 saturated heterocycles. The first kappa shape index (κ1) is 12.6. The number of phenols is 1. The fourth-order valence-electron chi connectivity index (χ4n) is 1.30. The molecule has 0 radical (unpaired) electrons. The minimum absolute atomic E-state index is 0.0359. The maximum absolute atomic E-state index is 11.2. The summed E-state index contributed by atoms with van der Waals surface area (Å²) in [6.45, 7) is 8.66.